The summed E-state index contributed by atoms with van der Waals surface area (Å²) in [6.45, 7) is 1.89. The van der Waals surface area contributed by atoms with Crippen molar-refractivity contribution in [2.75, 3.05) is 6.61 Å². The van der Waals surface area contributed by atoms with E-state index in [0.29, 0.717) is 4.47 Å². The molecule has 1 aromatic rings. The third-order valence-electron chi connectivity index (χ3n) is 1.80. The highest BCUT2D eigenvalue weighted by Gasteiger charge is 2.15. The summed E-state index contributed by atoms with van der Waals surface area (Å²) in [5.74, 6) is -1.45. The van der Waals surface area contributed by atoms with Crippen LogP contribution in [-0.4, -0.2) is 17.7 Å². The van der Waals surface area contributed by atoms with Crippen molar-refractivity contribution in [2.45, 2.75) is 13.3 Å². The van der Waals surface area contributed by atoms with Crippen LogP contribution in [0, 0.1) is 5.82 Å². The Labute approximate surface area is 95.0 Å². The lowest BCUT2D eigenvalue weighted by Gasteiger charge is -2.07. The van der Waals surface area contributed by atoms with Gasteiger partial charge in [-0.3, -0.25) is 4.79 Å². The number of phenolic OH excluding ortho intramolecular Hbond substituents is 1. The minimum Gasteiger partial charge on any atom is -0.506 e. The average Bonchev–Trinajstić information content (AvgIpc) is 2.19. The molecule has 0 amide bonds. The molecule has 0 saturated carbocycles. The van der Waals surface area contributed by atoms with E-state index < -0.39 is 11.8 Å². The number of esters is 1. The van der Waals surface area contributed by atoms with Crippen LogP contribution < -0.4 is 0 Å². The van der Waals surface area contributed by atoms with Crippen LogP contribution in [0.5, 0.6) is 5.75 Å². The fourth-order valence-corrected chi connectivity index (χ4v) is 1.48. The van der Waals surface area contributed by atoms with Gasteiger partial charge < -0.3 is 9.84 Å². The summed E-state index contributed by atoms with van der Waals surface area (Å²) < 4.78 is 18.3. The number of benzene rings is 1. The van der Waals surface area contributed by atoms with Gasteiger partial charge in [-0.15, -0.1) is 0 Å². The molecule has 0 aliphatic carbocycles. The summed E-state index contributed by atoms with van der Waals surface area (Å²) in [4.78, 5) is 11.1. The van der Waals surface area contributed by atoms with Gasteiger partial charge in [0, 0.05) is 5.56 Å². The van der Waals surface area contributed by atoms with Crippen molar-refractivity contribution in [1.82, 2.24) is 0 Å². The molecule has 0 heterocycles. The zero-order valence-corrected chi connectivity index (χ0v) is 9.67. The van der Waals surface area contributed by atoms with Gasteiger partial charge in [0.25, 0.3) is 0 Å². The first-order valence-corrected chi connectivity index (χ1v) is 5.17. The van der Waals surface area contributed by atoms with E-state index >= 15 is 0 Å². The standard InChI is InChI=1S/C10H10BrFO3/c1-2-15-9(13)5-6-8(12)4-3-7(11)10(6)14/h3-4,14H,2,5H2,1H3. The lowest BCUT2D eigenvalue weighted by atomic mass is 10.1. The van der Waals surface area contributed by atoms with E-state index in [1.54, 1.807) is 6.92 Å². The van der Waals surface area contributed by atoms with Gasteiger partial charge in [-0.05, 0) is 35.0 Å². The van der Waals surface area contributed by atoms with Gasteiger partial charge in [0.2, 0.25) is 0 Å². The molecule has 1 rings (SSSR count). The quantitative estimate of drug-likeness (QED) is 0.863. The first-order valence-electron chi connectivity index (χ1n) is 4.37. The molecule has 0 saturated heterocycles. The van der Waals surface area contributed by atoms with Crippen molar-refractivity contribution in [1.29, 1.82) is 0 Å². The molecular weight excluding hydrogens is 267 g/mol. The predicted octanol–water partition coefficient (Wildman–Crippen LogP) is 2.40. The second-order valence-electron chi connectivity index (χ2n) is 2.84. The normalized spacial score (nSPS) is 10.1. The van der Waals surface area contributed by atoms with E-state index in [1.807, 2.05) is 0 Å². The Bertz CT molecular complexity index is 379. The number of ether oxygens (including phenoxy) is 1. The van der Waals surface area contributed by atoms with E-state index in [0.717, 1.165) is 0 Å². The molecular formula is C10H10BrFO3. The van der Waals surface area contributed by atoms with Crippen LogP contribution in [0.25, 0.3) is 0 Å². The number of hydrogen-bond acceptors (Lipinski definition) is 3. The molecule has 5 heteroatoms. The number of aromatic hydroxyl groups is 1. The van der Waals surface area contributed by atoms with Crippen molar-refractivity contribution in [3.05, 3.63) is 28.0 Å². The molecule has 0 aliphatic heterocycles. The molecule has 3 nitrogen and oxygen atoms in total. The van der Waals surface area contributed by atoms with Gasteiger partial charge in [0.15, 0.2) is 0 Å². The van der Waals surface area contributed by atoms with Crippen LogP contribution in [0.1, 0.15) is 12.5 Å². The molecule has 0 radical (unpaired) electrons. The fourth-order valence-electron chi connectivity index (χ4n) is 1.11. The number of rotatable bonds is 3. The fraction of sp³-hybridized carbons (Fsp3) is 0.300. The van der Waals surface area contributed by atoms with Gasteiger partial charge >= 0.3 is 5.97 Å². The molecule has 82 valence electrons. The Kier molecular flexibility index (Phi) is 4.08. The van der Waals surface area contributed by atoms with E-state index in [9.17, 15) is 14.3 Å². The van der Waals surface area contributed by atoms with Crippen LogP contribution in [0.2, 0.25) is 0 Å². The Morgan fingerprint density at radius 2 is 2.27 bits per heavy atom. The molecule has 0 unspecified atom stereocenters. The summed E-state index contributed by atoms with van der Waals surface area (Å²) in [6, 6.07) is 2.55. The Morgan fingerprint density at radius 1 is 1.60 bits per heavy atom. The lowest BCUT2D eigenvalue weighted by molar-refractivity contribution is -0.142. The molecule has 0 bridgehead atoms. The molecule has 1 N–H and O–H groups in total. The molecule has 0 fully saturated rings. The summed E-state index contributed by atoms with van der Waals surface area (Å²) in [7, 11) is 0. The number of phenols is 1. The van der Waals surface area contributed by atoms with Crippen LogP contribution in [0.15, 0.2) is 16.6 Å². The molecule has 0 aromatic heterocycles. The average molecular weight is 277 g/mol. The summed E-state index contributed by atoms with van der Waals surface area (Å²) in [6.07, 6.45) is -0.273. The molecule has 0 aliphatic rings. The number of carbonyl (C=O) groups is 1. The highest BCUT2D eigenvalue weighted by Crippen LogP contribution is 2.30. The zero-order chi connectivity index (χ0) is 11.4. The second kappa shape index (κ2) is 5.11. The van der Waals surface area contributed by atoms with Crippen molar-refractivity contribution < 1.29 is 19.0 Å². The third-order valence-corrected chi connectivity index (χ3v) is 2.44. The van der Waals surface area contributed by atoms with E-state index in [2.05, 4.69) is 20.7 Å². The predicted molar refractivity (Wildman–Crippen MR) is 56.1 cm³/mol. The maximum atomic E-state index is 13.2. The lowest BCUT2D eigenvalue weighted by Crippen LogP contribution is -2.09. The Hall–Kier alpha value is -1.10. The Balaban J connectivity index is 2.93. The minimum absolute atomic E-state index is 0.0529. The molecule has 1 aromatic carbocycles. The van der Waals surface area contributed by atoms with Crippen molar-refractivity contribution in [3.63, 3.8) is 0 Å². The van der Waals surface area contributed by atoms with Crippen LogP contribution in [0.3, 0.4) is 0 Å². The van der Waals surface area contributed by atoms with E-state index in [4.69, 9.17) is 0 Å². The van der Waals surface area contributed by atoms with Gasteiger partial charge in [-0.1, -0.05) is 0 Å². The molecule has 0 spiro atoms. The van der Waals surface area contributed by atoms with Crippen LogP contribution in [-0.2, 0) is 16.0 Å². The monoisotopic (exact) mass is 276 g/mol. The number of hydrogen-bond donors (Lipinski definition) is 1. The first-order chi connectivity index (χ1) is 7.06. The summed E-state index contributed by atoms with van der Waals surface area (Å²) in [5.41, 5.74) is -0.0529. The number of carbonyl (C=O) groups excluding carboxylic acids is 1. The third kappa shape index (κ3) is 2.92. The highest BCUT2D eigenvalue weighted by molar-refractivity contribution is 9.10. The maximum Gasteiger partial charge on any atom is 0.310 e. The minimum atomic E-state index is -0.622. The van der Waals surface area contributed by atoms with Gasteiger partial charge in [0.1, 0.15) is 11.6 Å². The molecule has 15 heavy (non-hydrogen) atoms. The summed E-state index contributed by atoms with van der Waals surface area (Å²) >= 11 is 3.04. The van der Waals surface area contributed by atoms with Gasteiger partial charge in [0.05, 0.1) is 17.5 Å². The van der Waals surface area contributed by atoms with E-state index in [1.165, 1.54) is 12.1 Å². The topological polar surface area (TPSA) is 46.5 Å². The summed E-state index contributed by atoms with van der Waals surface area (Å²) in [5, 5.41) is 9.50. The van der Waals surface area contributed by atoms with E-state index in [-0.39, 0.29) is 24.3 Å². The zero-order valence-electron chi connectivity index (χ0n) is 8.09. The van der Waals surface area contributed by atoms with Gasteiger partial charge in [-0.25, -0.2) is 4.39 Å². The second-order valence-corrected chi connectivity index (χ2v) is 3.69. The van der Waals surface area contributed by atoms with Crippen LogP contribution >= 0.6 is 15.9 Å². The smallest absolute Gasteiger partial charge is 0.310 e. The SMILES string of the molecule is CCOC(=O)Cc1c(F)ccc(Br)c1O. The maximum absolute atomic E-state index is 13.2. The highest BCUT2D eigenvalue weighted by atomic mass is 79.9. The molecule has 0 atom stereocenters. The van der Waals surface area contributed by atoms with Crippen molar-refractivity contribution in [3.8, 4) is 5.75 Å². The Morgan fingerprint density at radius 3 is 2.87 bits per heavy atom. The van der Waals surface area contributed by atoms with Crippen molar-refractivity contribution in [2.24, 2.45) is 0 Å². The number of halogens is 2. The van der Waals surface area contributed by atoms with Crippen LogP contribution in [0.4, 0.5) is 4.39 Å². The van der Waals surface area contributed by atoms with Gasteiger partial charge in [-0.2, -0.15) is 0 Å². The first kappa shape index (κ1) is 12.0. The van der Waals surface area contributed by atoms with Crippen molar-refractivity contribution >= 4 is 21.9 Å². The largest absolute Gasteiger partial charge is 0.506 e.